The summed E-state index contributed by atoms with van der Waals surface area (Å²) >= 11 is 0. The van der Waals surface area contributed by atoms with E-state index in [9.17, 15) is 9.59 Å². The van der Waals surface area contributed by atoms with Crippen LogP contribution in [-0.2, 0) is 9.53 Å². The van der Waals surface area contributed by atoms with E-state index in [-0.39, 0.29) is 0 Å². The number of amides is 1. The number of hydrogen-bond donors (Lipinski definition) is 1. The number of carbonyl (C=O) groups is 2. The molecule has 0 bridgehead atoms. The van der Waals surface area contributed by atoms with Crippen molar-refractivity contribution in [3.05, 3.63) is 35.4 Å². The predicted octanol–water partition coefficient (Wildman–Crippen LogP) is 1.47. The van der Waals surface area contributed by atoms with Gasteiger partial charge in [-0.05, 0) is 13.3 Å². The molecule has 1 atom stereocenters. The third-order valence-corrected chi connectivity index (χ3v) is 2.81. The van der Waals surface area contributed by atoms with E-state index in [4.69, 9.17) is 10.00 Å². The van der Waals surface area contributed by atoms with Crippen molar-refractivity contribution >= 4 is 11.7 Å². The zero-order chi connectivity index (χ0) is 15.0. The van der Waals surface area contributed by atoms with Gasteiger partial charge in [-0.2, -0.15) is 5.26 Å². The molecule has 1 rings (SSSR count). The number of ether oxygens (including phenoxy) is 1. The number of nitriles is 1. The minimum atomic E-state index is -1.31. The molecule has 0 fully saturated rings. The summed E-state index contributed by atoms with van der Waals surface area (Å²) in [5.41, 5.74) is 1.38. The largest absolute Gasteiger partial charge is 0.385 e. The molecule has 0 aliphatic carbocycles. The molecular formula is C15H18N2O3. The zero-order valence-corrected chi connectivity index (χ0v) is 11.7. The molecular weight excluding hydrogens is 256 g/mol. The Labute approximate surface area is 118 Å². The summed E-state index contributed by atoms with van der Waals surface area (Å²) in [6.45, 7) is 2.80. The number of Topliss-reactive ketones (excluding diaryl/α,β-unsaturated/α-hetero) is 1. The average molecular weight is 274 g/mol. The summed E-state index contributed by atoms with van der Waals surface area (Å²) in [4.78, 5) is 23.9. The van der Waals surface area contributed by atoms with E-state index in [1.165, 1.54) is 0 Å². The average Bonchev–Trinajstić information content (AvgIpc) is 2.45. The second-order valence-electron chi connectivity index (χ2n) is 4.43. The van der Waals surface area contributed by atoms with Crippen molar-refractivity contribution < 1.29 is 14.3 Å². The molecule has 1 aromatic carbocycles. The van der Waals surface area contributed by atoms with Crippen molar-refractivity contribution in [3.8, 4) is 6.07 Å². The van der Waals surface area contributed by atoms with Gasteiger partial charge in [0, 0.05) is 25.8 Å². The Hall–Kier alpha value is -2.19. The lowest BCUT2D eigenvalue weighted by Crippen LogP contribution is -2.35. The van der Waals surface area contributed by atoms with E-state index in [2.05, 4.69) is 5.32 Å². The zero-order valence-electron chi connectivity index (χ0n) is 11.7. The van der Waals surface area contributed by atoms with E-state index >= 15 is 0 Å². The van der Waals surface area contributed by atoms with Gasteiger partial charge in [0.25, 0.3) is 0 Å². The molecule has 0 saturated heterocycles. The van der Waals surface area contributed by atoms with Gasteiger partial charge in [-0.15, -0.1) is 0 Å². The number of aryl methyl sites for hydroxylation is 1. The number of rotatable bonds is 7. The van der Waals surface area contributed by atoms with Gasteiger partial charge in [0.2, 0.25) is 5.91 Å². The van der Waals surface area contributed by atoms with Crippen LogP contribution in [-0.4, -0.2) is 32.0 Å². The summed E-state index contributed by atoms with van der Waals surface area (Å²) in [6, 6.07) is 8.57. The topological polar surface area (TPSA) is 79.2 Å². The molecule has 0 aromatic heterocycles. The molecule has 0 heterocycles. The fourth-order valence-electron chi connectivity index (χ4n) is 1.65. The first-order valence-electron chi connectivity index (χ1n) is 6.37. The van der Waals surface area contributed by atoms with Crippen LogP contribution in [0.2, 0.25) is 0 Å². The van der Waals surface area contributed by atoms with Crippen LogP contribution in [0.15, 0.2) is 24.3 Å². The molecule has 0 aliphatic rings. The summed E-state index contributed by atoms with van der Waals surface area (Å²) in [5, 5.41) is 11.6. The lowest BCUT2D eigenvalue weighted by Gasteiger charge is -2.09. The molecule has 1 aromatic rings. The van der Waals surface area contributed by atoms with Gasteiger partial charge in [-0.25, -0.2) is 0 Å². The van der Waals surface area contributed by atoms with Gasteiger partial charge >= 0.3 is 0 Å². The second-order valence-corrected chi connectivity index (χ2v) is 4.43. The van der Waals surface area contributed by atoms with Crippen molar-refractivity contribution in [1.29, 1.82) is 5.26 Å². The molecule has 0 radical (unpaired) electrons. The van der Waals surface area contributed by atoms with Crippen LogP contribution in [0.4, 0.5) is 0 Å². The van der Waals surface area contributed by atoms with Gasteiger partial charge in [0.15, 0.2) is 11.7 Å². The maximum Gasteiger partial charge on any atom is 0.245 e. The number of hydrogen-bond acceptors (Lipinski definition) is 4. The fraction of sp³-hybridized carbons (Fsp3) is 0.400. The van der Waals surface area contributed by atoms with Crippen molar-refractivity contribution in [1.82, 2.24) is 5.32 Å². The number of methoxy groups -OCH3 is 1. The highest BCUT2D eigenvalue weighted by molar-refractivity contribution is 6.12. The Kier molecular flexibility index (Phi) is 6.41. The third kappa shape index (κ3) is 4.48. The molecule has 0 saturated carbocycles. The van der Waals surface area contributed by atoms with Crippen LogP contribution >= 0.6 is 0 Å². The van der Waals surface area contributed by atoms with Gasteiger partial charge in [0.1, 0.15) is 0 Å². The smallest absolute Gasteiger partial charge is 0.245 e. The summed E-state index contributed by atoms with van der Waals surface area (Å²) in [7, 11) is 1.57. The van der Waals surface area contributed by atoms with E-state index < -0.39 is 17.6 Å². The Morgan fingerprint density at radius 3 is 2.55 bits per heavy atom. The molecule has 5 nitrogen and oxygen atoms in total. The van der Waals surface area contributed by atoms with Crippen LogP contribution < -0.4 is 5.32 Å². The molecule has 1 amide bonds. The second kappa shape index (κ2) is 8.08. The Morgan fingerprint density at radius 1 is 1.35 bits per heavy atom. The van der Waals surface area contributed by atoms with Gasteiger partial charge < -0.3 is 10.1 Å². The van der Waals surface area contributed by atoms with E-state index in [0.717, 1.165) is 5.56 Å². The van der Waals surface area contributed by atoms with Crippen LogP contribution in [0.1, 0.15) is 22.3 Å². The van der Waals surface area contributed by atoms with E-state index in [1.54, 1.807) is 37.4 Å². The molecule has 106 valence electrons. The van der Waals surface area contributed by atoms with Gasteiger partial charge in [-0.3, -0.25) is 9.59 Å². The SMILES string of the molecule is COCCCNC(=O)C(C#N)C(=O)c1ccc(C)cc1. The number of nitrogens with one attached hydrogen (secondary N) is 1. The molecule has 20 heavy (non-hydrogen) atoms. The highest BCUT2D eigenvalue weighted by Gasteiger charge is 2.26. The summed E-state index contributed by atoms with van der Waals surface area (Å²) < 4.78 is 4.86. The lowest BCUT2D eigenvalue weighted by molar-refractivity contribution is -0.122. The van der Waals surface area contributed by atoms with Gasteiger partial charge in [0.05, 0.1) is 6.07 Å². The Bertz CT molecular complexity index is 503. The number of benzene rings is 1. The third-order valence-electron chi connectivity index (χ3n) is 2.81. The lowest BCUT2D eigenvalue weighted by atomic mass is 9.97. The quantitative estimate of drug-likeness (QED) is 0.464. The predicted molar refractivity (Wildman–Crippen MR) is 74.1 cm³/mol. The summed E-state index contributed by atoms with van der Waals surface area (Å²) in [5.74, 6) is -2.34. The maximum atomic E-state index is 12.1. The van der Waals surface area contributed by atoms with Crippen molar-refractivity contribution in [2.75, 3.05) is 20.3 Å². The first-order chi connectivity index (χ1) is 9.60. The van der Waals surface area contributed by atoms with E-state index in [0.29, 0.717) is 25.1 Å². The number of nitrogens with zero attached hydrogens (tertiary/aromatic N) is 1. The number of carbonyl (C=O) groups excluding carboxylic acids is 2. The standard InChI is InChI=1S/C15H18N2O3/c1-11-4-6-12(7-5-11)14(18)13(10-16)15(19)17-8-3-9-20-2/h4-7,13H,3,8-9H2,1-2H3,(H,17,19). The van der Waals surface area contributed by atoms with Crippen LogP contribution in [0.5, 0.6) is 0 Å². The minimum Gasteiger partial charge on any atom is -0.385 e. The van der Waals surface area contributed by atoms with Crippen molar-refractivity contribution in [2.45, 2.75) is 13.3 Å². The van der Waals surface area contributed by atoms with Crippen LogP contribution in [0.25, 0.3) is 0 Å². The highest BCUT2D eigenvalue weighted by Crippen LogP contribution is 2.10. The molecule has 5 heteroatoms. The van der Waals surface area contributed by atoms with Crippen molar-refractivity contribution in [2.24, 2.45) is 5.92 Å². The van der Waals surface area contributed by atoms with E-state index in [1.807, 2.05) is 6.92 Å². The maximum absolute atomic E-state index is 12.1. The Balaban J connectivity index is 2.65. The first-order valence-corrected chi connectivity index (χ1v) is 6.37. The fourth-order valence-corrected chi connectivity index (χ4v) is 1.65. The molecule has 1 unspecified atom stereocenters. The van der Waals surface area contributed by atoms with Crippen LogP contribution in [0.3, 0.4) is 0 Å². The Morgan fingerprint density at radius 2 is 2.00 bits per heavy atom. The summed E-state index contributed by atoms with van der Waals surface area (Å²) in [6.07, 6.45) is 0.638. The first kappa shape index (κ1) is 15.9. The highest BCUT2D eigenvalue weighted by atomic mass is 16.5. The molecule has 1 N–H and O–H groups in total. The van der Waals surface area contributed by atoms with Crippen molar-refractivity contribution in [3.63, 3.8) is 0 Å². The molecule has 0 spiro atoms. The normalized spacial score (nSPS) is 11.4. The minimum absolute atomic E-state index is 0.370. The molecule has 0 aliphatic heterocycles. The van der Waals surface area contributed by atoms with Gasteiger partial charge in [-0.1, -0.05) is 29.8 Å². The number of ketones is 1. The van der Waals surface area contributed by atoms with Crippen LogP contribution in [0, 0.1) is 24.2 Å². The monoisotopic (exact) mass is 274 g/mol.